The van der Waals surface area contributed by atoms with Crippen molar-refractivity contribution in [3.8, 4) is 22.3 Å². The van der Waals surface area contributed by atoms with Crippen LogP contribution in [0.3, 0.4) is 0 Å². The molecule has 0 unspecified atom stereocenters. The Hall–Kier alpha value is -8.20. The van der Waals surface area contributed by atoms with Crippen LogP contribution in [-0.4, -0.2) is 0 Å². The van der Waals surface area contributed by atoms with Gasteiger partial charge in [-0.05, 0) is 150 Å². The molecule has 0 aliphatic heterocycles. The van der Waals surface area contributed by atoms with E-state index in [0.29, 0.717) is 0 Å². The van der Waals surface area contributed by atoms with Gasteiger partial charge >= 0.3 is 0 Å². The summed E-state index contributed by atoms with van der Waals surface area (Å²) >= 11 is 0. The van der Waals surface area contributed by atoms with E-state index in [1.54, 1.807) is 0 Å². The molecule has 0 aliphatic rings. The number of para-hydroxylation sites is 2. The van der Waals surface area contributed by atoms with Gasteiger partial charge in [0.15, 0.2) is 0 Å². The van der Waals surface area contributed by atoms with Gasteiger partial charge in [-0.2, -0.15) is 0 Å². The monoisotopic (exact) mass is 788 g/mol. The molecule has 12 aromatic rings. The Morgan fingerprint density at radius 3 is 0.968 bits per heavy atom. The van der Waals surface area contributed by atoms with Crippen LogP contribution in [0.25, 0.3) is 76.1 Å². The maximum absolute atomic E-state index is 2.46. The highest BCUT2D eigenvalue weighted by molar-refractivity contribution is 6.31. The van der Waals surface area contributed by atoms with E-state index in [9.17, 15) is 0 Å². The van der Waals surface area contributed by atoms with Crippen LogP contribution in [0.15, 0.2) is 243 Å². The summed E-state index contributed by atoms with van der Waals surface area (Å²) in [5.41, 5.74) is 11.4. The molecule has 0 saturated heterocycles. The Labute approximate surface area is 361 Å². The molecule has 0 spiro atoms. The lowest BCUT2D eigenvalue weighted by molar-refractivity contribution is 1.30. The first-order valence-electron chi connectivity index (χ1n) is 21.3. The van der Waals surface area contributed by atoms with E-state index in [-0.39, 0.29) is 0 Å². The van der Waals surface area contributed by atoms with Gasteiger partial charge in [0.05, 0.1) is 11.4 Å². The van der Waals surface area contributed by atoms with E-state index in [0.717, 1.165) is 34.1 Å². The second-order valence-electron chi connectivity index (χ2n) is 16.2. The van der Waals surface area contributed by atoms with Crippen LogP contribution in [0.2, 0.25) is 0 Å². The fraction of sp³-hybridized carbons (Fsp3) is 0. The second-order valence-corrected chi connectivity index (χ2v) is 16.2. The molecule has 0 radical (unpaired) electrons. The van der Waals surface area contributed by atoms with Gasteiger partial charge in [0.2, 0.25) is 0 Å². The highest BCUT2D eigenvalue weighted by Gasteiger charge is 2.25. The van der Waals surface area contributed by atoms with E-state index in [1.165, 1.54) is 76.1 Å². The van der Waals surface area contributed by atoms with E-state index in [2.05, 4.69) is 252 Å². The van der Waals surface area contributed by atoms with Crippen molar-refractivity contribution >= 4 is 88.0 Å². The molecule has 0 atom stereocenters. The summed E-state index contributed by atoms with van der Waals surface area (Å²) in [4.78, 5) is 4.92. The lowest BCUT2D eigenvalue weighted by Gasteiger charge is -2.31. The molecule has 290 valence electrons. The third kappa shape index (κ3) is 6.12. The largest absolute Gasteiger partial charge is 0.310 e. The molecule has 0 fully saturated rings. The lowest BCUT2D eigenvalue weighted by Crippen LogP contribution is -2.12. The van der Waals surface area contributed by atoms with Gasteiger partial charge in [-0.25, -0.2) is 0 Å². The van der Waals surface area contributed by atoms with Gasteiger partial charge in [0, 0.05) is 33.5 Å². The molecule has 12 aromatic carbocycles. The van der Waals surface area contributed by atoms with Crippen molar-refractivity contribution in [2.75, 3.05) is 9.80 Å². The van der Waals surface area contributed by atoms with Crippen LogP contribution >= 0.6 is 0 Å². The third-order valence-electron chi connectivity index (χ3n) is 12.4. The Kier molecular flexibility index (Phi) is 8.53. The van der Waals surface area contributed by atoms with Gasteiger partial charge in [0.1, 0.15) is 0 Å². The predicted molar refractivity (Wildman–Crippen MR) is 265 cm³/mol. The highest BCUT2D eigenvalue weighted by atomic mass is 15.2. The predicted octanol–water partition coefficient (Wildman–Crippen LogP) is 17.2. The normalized spacial score (nSPS) is 11.5. The summed E-state index contributed by atoms with van der Waals surface area (Å²) in [7, 11) is 0. The maximum atomic E-state index is 2.46. The Balaban J connectivity index is 1.23. The summed E-state index contributed by atoms with van der Waals surface area (Å²) in [6.07, 6.45) is 0. The fourth-order valence-electron chi connectivity index (χ4n) is 9.57. The Bertz CT molecular complexity index is 3320. The topological polar surface area (TPSA) is 6.48 Å². The fourth-order valence-corrected chi connectivity index (χ4v) is 9.57. The lowest BCUT2D eigenvalue weighted by atomic mass is 9.87. The molecule has 0 amide bonds. The van der Waals surface area contributed by atoms with Gasteiger partial charge in [-0.15, -0.1) is 0 Å². The molecule has 0 aromatic heterocycles. The van der Waals surface area contributed by atoms with Gasteiger partial charge in [0.25, 0.3) is 0 Å². The zero-order valence-electron chi connectivity index (χ0n) is 34.0. The zero-order valence-corrected chi connectivity index (χ0v) is 34.0. The smallest absolute Gasteiger partial charge is 0.0546 e. The number of fused-ring (bicyclic) bond motifs is 2. The van der Waals surface area contributed by atoms with Gasteiger partial charge < -0.3 is 9.80 Å². The molecule has 0 N–H and O–H groups in total. The number of rotatable bonds is 8. The molecule has 62 heavy (non-hydrogen) atoms. The minimum Gasteiger partial charge on any atom is -0.310 e. The zero-order chi connectivity index (χ0) is 41.0. The first kappa shape index (κ1) is 35.7. The number of benzene rings is 12. The van der Waals surface area contributed by atoms with Crippen molar-refractivity contribution < 1.29 is 0 Å². The molecular formula is C60H40N2. The summed E-state index contributed by atoms with van der Waals surface area (Å²) < 4.78 is 0. The molecule has 2 heteroatoms. The highest BCUT2D eigenvalue weighted by Crippen LogP contribution is 2.51. The number of anilines is 6. The van der Waals surface area contributed by atoms with Crippen LogP contribution < -0.4 is 9.80 Å². The SMILES string of the molecule is c1ccc(-c2cc3cc(N(c4ccccc4)c4ccc5ccccc5c4)c4cc(-c5ccccc5)cc5cc(N(c6ccccc6)c6ccc7ccccc7c6)c(c2)c3c54)cc1. The van der Waals surface area contributed by atoms with E-state index >= 15 is 0 Å². The van der Waals surface area contributed by atoms with Crippen molar-refractivity contribution in [3.05, 3.63) is 243 Å². The van der Waals surface area contributed by atoms with E-state index in [4.69, 9.17) is 0 Å². The molecule has 12 rings (SSSR count). The summed E-state index contributed by atoms with van der Waals surface area (Å²) in [5, 5.41) is 12.1. The summed E-state index contributed by atoms with van der Waals surface area (Å²) in [6, 6.07) is 88.8. The van der Waals surface area contributed by atoms with Crippen molar-refractivity contribution in [1.29, 1.82) is 0 Å². The number of hydrogen-bond acceptors (Lipinski definition) is 2. The van der Waals surface area contributed by atoms with Crippen LogP contribution in [0.5, 0.6) is 0 Å². The molecule has 2 nitrogen and oxygen atoms in total. The average molecular weight is 789 g/mol. The second kappa shape index (κ2) is 14.8. The third-order valence-corrected chi connectivity index (χ3v) is 12.4. The Morgan fingerprint density at radius 2 is 0.565 bits per heavy atom. The van der Waals surface area contributed by atoms with Crippen LogP contribution in [0.1, 0.15) is 0 Å². The van der Waals surface area contributed by atoms with E-state index < -0.39 is 0 Å². The first-order valence-corrected chi connectivity index (χ1v) is 21.3. The molecule has 0 saturated carbocycles. The standard InChI is InChI=1S/C60H40N2/c1-5-17-41(18-6-1)47-33-49-39-58(62(52-27-11-4-12-28-52)54-32-30-44-22-14-16-24-46(44)36-54)56-38-48(42-19-7-2-8-20-42)34-50-40-57(55(37-47)59(49)60(50)56)61(51-25-9-3-10-26-51)53-31-29-43-21-13-15-23-45(43)35-53/h1-40H. The van der Waals surface area contributed by atoms with Gasteiger partial charge in [-0.3, -0.25) is 0 Å². The number of nitrogens with zero attached hydrogens (tertiary/aromatic N) is 2. The van der Waals surface area contributed by atoms with Crippen LogP contribution in [0, 0.1) is 0 Å². The minimum atomic E-state index is 1.11. The maximum Gasteiger partial charge on any atom is 0.0546 e. The number of hydrogen-bond donors (Lipinski definition) is 0. The minimum absolute atomic E-state index is 1.11. The molecule has 0 bridgehead atoms. The van der Waals surface area contributed by atoms with Crippen LogP contribution in [-0.2, 0) is 0 Å². The van der Waals surface area contributed by atoms with Gasteiger partial charge in [-0.1, -0.05) is 158 Å². The van der Waals surface area contributed by atoms with E-state index in [1.807, 2.05) is 0 Å². The van der Waals surface area contributed by atoms with Crippen molar-refractivity contribution in [1.82, 2.24) is 0 Å². The van der Waals surface area contributed by atoms with Crippen molar-refractivity contribution in [2.45, 2.75) is 0 Å². The van der Waals surface area contributed by atoms with Crippen LogP contribution in [0.4, 0.5) is 34.1 Å². The van der Waals surface area contributed by atoms with Crippen molar-refractivity contribution in [2.24, 2.45) is 0 Å². The Morgan fingerprint density at radius 1 is 0.210 bits per heavy atom. The quantitative estimate of drug-likeness (QED) is 0.142. The molecule has 0 aliphatic carbocycles. The summed E-state index contributed by atoms with van der Waals surface area (Å²) in [6.45, 7) is 0. The first-order chi connectivity index (χ1) is 30.7. The molecule has 0 heterocycles. The van der Waals surface area contributed by atoms with Crippen molar-refractivity contribution in [3.63, 3.8) is 0 Å². The molecular weight excluding hydrogens is 749 g/mol. The summed E-state index contributed by atoms with van der Waals surface area (Å²) in [5.74, 6) is 0. The average Bonchev–Trinajstić information content (AvgIpc) is 3.34.